The Bertz CT molecular complexity index is 2730. The quantitative estimate of drug-likeness (QED) is 0.200. The maximum atomic E-state index is 6.51. The Morgan fingerprint density at radius 3 is 1.78 bits per heavy atom. The van der Waals surface area contributed by atoms with Gasteiger partial charge in [-0.05, 0) is 77.9 Å². The van der Waals surface area contributed by atoms with Crippen LogP contribution in [-0.4, -0.2) is 14.1 Å². The van der Waals surface area contributed by atoms with Crippen molar-refractivity contribution in [3.8, 4) is 33.5 Å². The summed E-state index contributed by atoms with van der Waals surface area (Å²) in [6.07, 6.45) is 0. The van der Waals surface area contributed by atoms with Crippen LogP contribution in [0.4, 0.5) is 0 Å². The van der Waals surface area contributed by atoms with Crippen LogP contribution in [-0.2, 0) is 0 Å². The van der Waals surface area contributed by atoms with E-state index in [9.17, 15) is 0 Å². The van der Waals surface area contributed by atoms with Crippen LogP contribution in [0, 0.1) is 0 Å². The van der Waals surface area contributed by atoms with Crippen LogP contribution >= 0.6 is 11.3 Å². The van der Waals surface area contributed by atoms with E-state index in [1.54, 1.807) is 11.3 Å². The van der Waals surface area contributed by atoms with Crippen molar-refractivity contribution in [2.45, 2.75) is 0 Å². The van der Waals surface area contributed by atoms with Gasteiger partial charge in [-0.15, -0.1) is 11.3 Å². The van der Waals surface area contributed by atoms with Gasteiger partial charge in [-0.3, -0.25) is 4.57 Å². The van der Waals surface area contributed by atoms with Crippen LogP contribution in [0.1, 0.15) is 0 Å². The van der Waals surface area contributed by atoms with E-state index in [2.05, 4.69) is 137 Å². The molecule has 5 heteroatoms. The predicted octanol–water partition coefficient (Wildman–Crippen LogP) is 11.4. The van der Waals surface area contributed by atoms with Crippen LogP contribution in [0.25, 0.3) is 87.3 Å². The zero-order chi connectivity index (χ0) is 30.2. The first kappa shape index (κ1) is 25.4. The molecule has 0 aliphatic rings. The van der Waals surface area contributed by atoms with E-state index in [0.717, 1.165) is 37.9 Å². The zero-order valence-corrected chi connectivity index (χ0v) is 25.4. The van der Waals surface area contributed by atoms with Gasteiger partial charge >= 0.3 is 0 Å². The molecular weight excluding hydrogens is 583 g/mol. The molecule has 0 saturated carbocycles. The van der Waals surface area contributed by atoms with Gasteiger partial charge in [0.1, 0.15) is 0 Å². The number of rotatable bonds is 4. The van der Waals surface area contributed by atoms with Crippen molar-refractivity contribution in [2.75, 3.05) is 0 Å². The molecule has 0 aliphatic heterocycles. The van der Waals surface area contributed by atoms with Gasteiger partial charge in [0.2, 0.25) is 5.88 Å². The molecule has 0 aliphatic carbocycles. The summed E-state index contributed by atoms with van der Waals surface area (Å²) in [5.74, 6) is 1.56. The van der Waals surface area contributed by atoms with Crippen LogP contribution < -0.4 is 0 Å². The Morgan fingerprint density at radius 2 is 1.07 bits per heavy atom. The molecule has 10 aromatic rings. The van der Waals surface area contributed by atoms with Crippen molar-refractivity contribution in [1.82, 2.24) is 14.1 Å². The number of furan rings is 1. The highest BCUT2D eigenvalue weighted by Gasteiger charge is 2.18. The summed E-state index contributed by atoms with van der Waals surface area (Å²) in [6, 6.07) is 53.8. The number of fused-ring (bicyclic) bond motifs is 7. The van der Waals surface area contributed by atoms with Crippen molar-refractivity contribution in [3.05, 3.63) is 152 Å². The minimum Gasteiger partial charge on any atom is -0.437 e. The predicted molar refractivity (Wildman–Crippen MR) is 191 cm³/mol. The van der Waals surface area contributed by atoms with Gasteiger partial charge in [0, 0.05) is 33.3 Å². The summed E-state index contributed by atoms with van der Waals surface area (Å²) in [6.45, 7) is 0. The Morgan fingerprint density at radius 1 is 0.478 bits per heavy atom. The normalized spacial score (nSPS) is 11.9. The Hall–Kier alpha value is -5.91. The minimum atomic E-state index is 0.779. The van der Waals surface area contributed by atoms with Crippen molar-refractivity contribution in [2.24, 2.45) is 0 Å². The highest BCUT2D eigenvalue weighted by Crippen LogP contribution is 2.39. The molecule has 10 rings (SSSR count). The lowest BCUT2D eigenvalue weighted by Gasteiger charge is -2.08. The zero-order valence-electron chi connectivity index (χ0n) is 24.6. The summed E-state index contributed by atoms with van der Waals surface area (Å²) in [5, 5.41) is 5.77. The molecule has 0 saturated heterocycles. The molecule has 0 spiro atoms. The Labute approximate surface area is 268 Å². The molecule has 4 nitrogen and oxygen atoms in total. The fourth-order valence-electron chi connectivity index (χ4n) is 6.94. The topological polar surface area (TPSA) is 35.9 Å². The highest BCUT2D eigenvalue weighted by atomic mass is 32.1. The maximum Gasteiger partial charge on any atom is 0.205 e. The van der Waals surface area contributed by atoms with Gasteiger partial charge in [0.15, 0.2) is 10.8 Å². The molecule has 0 atom stereocenters. The van der Waals surface area contributed by atoms with Crippen LogP contribution in [0.5, 0.6) is 0 Å². The van der Waals surface area contributed by atoms with E-state index in [0.29, 0.717) is 0 Å². The maximum absolute atomic E-state index is 6.51. The second-order valence-electron chi connectivity index (χ2n) is 11.6. The van der Waals surface area contributed by atoms with Gasteiger partial charge in [0.05, 0.1) is 32.3 Å². The number of hydrogen-bond donors (Lipinski definition) is 0. The van der Waals surface area contributed by atoms with Crippen LogP contribution in [0.3, 0.4) is 0 Å². The van der Waals surface area contributed by atoms with Crippen molar-refractivity contribution < 1.29 is 4.42 Å². The number of hydrogen-bond acceptors (Lipinski definition) is 3. The molecular formula is C41H25N3OS. The van der Waals surface area contributed by atoms with Crippen LogP contribution in [0.15, 0.2) is 156 Å². The first-order valence-electron chi connectivity index (χ1n) is 15.4. The van der Waals surface area contributed by atoms with Crippen molar-refractivity contribution in [3.63, 3.8) is 0 Å². The molecule has 216 valence electrons. The fourth-order valence-corrected chi connectivity index (χ4v) is 7.87. The lowest BCUT2D eigenvalue weighted by Crippen LogP contribution is -1.92. The van der Waals surface area contributed by atoms with Gasteiger partial charge in [-0.1, -0.05) is 78.9 Å². The summed E-state index contributed by atoms with van der Waals surface area (Å²) < 4.78 is 12.2. The standard InChI is InChI=1S/C41H25N3OS/c1-2-10-28(11-3-1)43-34-15-7-4-12-29(34)31-24-26(18-20-36(31)43)27-19-21-37-32(25-27)30-13-5-8-16-35(30)44(37)40-23-22-38(45-40)41-42-33-14-6-9-17-39(33)46-41/h1-25H. The SMILES string of the molecule is c1ccc(-n2c3ccccc3c3cc(-c4ccc5c(c4)c4ccccc4n5-c4ccc(-c5nc6ccccc6s5)o4)ccc32)cc1. The number of para-hydroxylation sites is 4. The van der Waals surface area contributed by atoms with Gasteiger partial charge in [-0.25, -0.2) is 4.98 Å². The average Bonchev–Trinajstić information content (AvgIpc) is 3.90. The van der Waals surface area contributed by atoms with E-state index in [1.165, 1.54) is 49.4 Å². The first-order chi connectivity index (χ1) is 22.8. The van der Waals surface area contributed by atoms with Gasteiger partial charge in [0.25, 0.3) is 0 Å². The molecule has 4 aromatic heterocycles. The van der Waals surface area contributed by atoms with Gasteiger partial charge in [-0.2, -0.15) is 0 Å². The smallest absolute Gasteiger partial charge is 0.205 e. The molecule has 0 radical (unpaired) electrons. The third kappa shape index (κ3) is 3.76. The molecule has 6 aromatic carbocycles. The number of aromatic nitrogens is 3. The summed E-state index contributed by atoms with van der Waals surface area (Å²) >= 11 is 1.65. The summed E-state index contributed by atoms with van der Waals surface area (Å²) in [4.78, 5) is 4.82. The lowest BCUT2D eigenvalue weighted by atomic mass is 10.0. The van der Waals surface area contributed by atoms with Crippen molar-refractivity contribution in [1.29, 1.82) is 0 Å². The second-order valence-corrected chi connectivity index (χ2v) is 12.7. The molecule has 0 fully saturated rings. The number of nitrogens with zero attached hydrogens (tertiary/aromatic N) is 3. The van der Waals surface area contributed by atoms with Crippen LogP contribution in [0.2, 0.25) is 0 Å². The largest absolute Gasteiger partial charge is 0.437 e. The first-order valence-corrected chi connectivity index (χ1v) is 16.2. The van der Waals surface area contributed by atoms with E-state index in [-0.39, 0.29) is 0 Å². The fraction of sp³-hybridized carbons (Fsp3) is 0. The van der Waals surface area contributed by atoms with Crippen molar-refractivity contribution >= 4 is 65.2 Å². The third-order valence-corrected chi connectivity index (χ3v) is 10.1. The Balaban J connectivity index is 1.12. The molecule has 0 amide bonds. The molecule has 46 heavy (non-hydrogen) atoms. The van der Waals surface area contributed by atoms with E-state index >= 15 is 0 Å². The van der Waals surface area contributed by atoms with Gasteiger partial charge < -0.3 is 8.98 Å². The minimum absolute atomic E-state index is 0.779. The summed E-state index contributed by atoms with van der Waals surface area (Å²) in [7, 11) is 0. The average molecular weight is 608 g/mol. The number of thiazole rings is 1. The Kier molecular flexibility index (Phi) is 5.41. The molecule has 0 bridgehead atoms. The van der Waals surface area contributed by atoms with E-state index < -0.39 is 0 Å². The summed E-state index contributed by atoms with van der Waals surface area (Å²) in [5.41, 5.74) is 9.17. The van der Waals surface area contributed by atoms with E-state index in [4.69, 9.17) is 9.40 Å². The molecule has 4 heterocycles. The third-order valence-electron chi connectivity index (χ3n) is 9.01. The monoisotopic (exact) mass is 607 g/mol. The second kappa shape index (κ2) is 9.80. The van der Waals surface area contributed by atoms with E-state index in [1.807, 2.05) is 24.3 Å². The molecule has 0 N–H and O–H groups in total. The number of benzene rings is 6. The lowest BCUT2D eigenvalue weighted by molar-refractivity contribution is 0.560. The molecule has 0 unspecified atom stereocenters. The highest BCUT2D eigenvalue weighted by molar-refractivity contribution is 7.21.